The number of carbonyl (C=O) groups excluding carboxylic acids is 1. The Kier molecular flexibility index (Phi) is 5.13. The molecule has 152 valence electrons. The van der Waals surface area contributed by atoms with Gasteiger partial charge in [-0.1, -0.05) is 36.4 Å². The standard InChI is InChI=1S/C22H24FN3O3/c1-25(22(28)29)18-12-17(13-18)24-21(27)26-11-10-14-4-2-3-5-19(14)20(26)15-6-8-16(23)9-7-15/h2-9,17-18,20H,10-13H2,1H3,(H,24,27)(H,28,29)/t17?,18?,20-/m0/s1. The van der Waals surface area contributed by atoms with E-state index in [-0.39, 0.29) is 30.0 Å². The van der Waals surface area contributed by atoms with Gasteiger partial charge in [-0.05, 0) is 48.1 Å². The number of hydrogen-bond donors (Lipinski definition) is 2. The van der Waals surface area contributed by atoms with Crippen molar-refractivity contribution in [3.8, 4) is 0 Å². The van der Waals surface area contributed by atoms with E-state index in [0.717, 1.165) is 17.5 Å². The lowest BCUT2D eigenvalue weighted by Gasteiger charge is -2.43. The zero-order valence-corrected chi connectivity index (χ0v) is 16.2. The van der Waals surface area contributed by atoms with Crippen molar-refractivity contribution in [3.63, 3.8) is 0 Å². The smallest absolute Gasteiger partial charge is 0.407 e. The average Bonchev–Trinajstić information content (AvgIpc) is 2.69. The summed E-state index contributed by atoms with van der Waals surface area (Å²) in [6.07, 6.45) is 1.03. The maximum atomic E-state index is 13.5. The Balaban J connectivity index is 1.52. The first-order chi connectivity index (χ1) is 13.9. The van der Waals surface area contributed by atoms with Crippen LogP contribution in [0.1, 0.15) is 35.6 Å². The largest absolute Gasteiger partial charge is 0.465 e. The topological polar surface area (TPSA) is 72.9 Å². The highest BCUT2D eigenvalue weighted by Gasteiger charge is 2.38. The van der Waals surface area contributed by atoms with Gasteiger partial charge in [-0.3, -0.25) is 0 Å². The number of fused-ring (bicyclic) bond motifs is 1. The quantitative estimate of drug-likeness (QED) is 0.831. The van der Waals surface area contributed by atoms with Gasteiger partial charge in [0.2, 0.25) is 0 Å². The number of amides is 3. The Morgan fingerprint density at radius 3 is 2.52 bits per heavy atom. The summed E-state index contributed by atoms with van der Waals surface area (Å²) in [6, 6.07) is 13.8. The normalized spacial score (nSPS) is 23.0. The molecule has 6 nitrogen and oxygen atoms in total. The van der Waals surface area contributed by atoms with E-state index in [2.05, 4.69) is 11.4 Å². The lowest BCUT2D eigenvalue weighted by molar-refractivity contribution is 0.0959. The van der Waals surface area contributed by atoms with E-state index in [1.807, 2.05) is 18.2 Å². The fourth-order valence-electron chi connectivity index (χ4n) is 4.23. The molecule has 1 aliphatic carbocycles. The third kappa shape index (κ3) is 3.77. The van der Waals surface area contributed by atoms with Crippen molar-refractivity contribution in [1.29, 1.82) is 0 Å². The van der Waals surface area contributed by atoms with E-state index in [0.29, 0.717) is 19.4 Å². The van der Waals surface area contributed by atoms with Crippen molar-refractivity contribution in [1.82, 2.24) is 15.1 Å². The zero-order chi connectivity index (χ0) is 20.5. The molecule has 29 heavy (non-hydrogen) atoms. The molecule has 0 aromatic heterocycles. The fourth-order valence-corrected chi connectivity index (χ4v) is 4.23. The Morgan fingerprint density at radius 1 is 1.14 bits per heavy atom. The molecule has 1 aliphatic heterocycles. The lowest BCUT2D eigenvalue weighted by Crippen LogP contribution is -2.57. The van der Waals surface area contributed by atoms with Crippen LogP contribution in [0.25, 0.3) is 0 Å². The van der Waals surface area contributed by atoms with E-state index >= 15 is 0 Å². The number of rotatable bonds is 3. The van der Waals surface area contributed by atoms with Crippen LogP contribution in [0.15, 0.2) is 48.5 Å². The number of benzene rings is 2. The predicted octanol–water partition coefficient (Wildman–Crippen LogP) is 3.62. The number of nitrogens with one attached hydrogen (secondary N) is 1. The highest BCUT2D eigenvalue weighted by Crippen LogP contribution is 2.35. The Hall–Kier alpha value is -3.09. The van der Waals surface area contributed by atoms with Gasteiger partial charge in [0.25, 0.3) is 0 Å². The van der Waals surface area contributed by atoms with Crippen LogP contribution in [-0.2, 0) is 6.42 Å². The second kappa shape index (κ2) is 7.73. The molecular weight excluding hydrogens is 373 g/mol. The number of hydrogen-bond acceptors (Lipinski definition) is 2. The number of urea groups is 1. The molecule has 1 heterocycles. The fraction of sp³-hybridized carbons (Fsp3) is 0.364. The molecule has 2 aliphatic rings. The van der Waals surface area contributed by atoms with Gasteiger partial charge in [0.15, 0.2) is 0 Å². The van der Waals surface area contributed by atoms with Crippen LogP contribution in [-0.4, -0.2) is 52.7 Å². The van der Waals surface area contributed by atoms with Crippen molar-refractivity contribution < 1.29 is 19.1 Å². The van der Waals surface area contributed by atoms with Gasteiger partial charge in [-0.25, -0.2) is 14.0 Å². The van der Waals surface area contributed by atoms with Crippen LogP contribution in [0.3, 0.4) is 0 Å². The van der Waals surface area contributed by atoms with Gasteiger partial charge in [0.1, 0.15) is 5.82 Å². The van der Waals surface area contributed by atoms with Crippen molar-refractivity contribution >= 4 is 12.1 Å². The van der Waals surface area contributed by atoms with Crippen molar-refractivity contribution in [2.24, 2.45) is 0 Å². The molecule has 3 amide bonds. The molecule has 1 fully saturated rings. The van der Waals surface area contributed by atoms with Gasteiger partial charge in [0.05, 0.1) is 6.04 Å². The molecule has 1 atom stereocenters. The minimum absolute atomic E-state index is 0.0414. The molecule has 0 saturated heterocycles. The molecule has 0 unspecified atom stereocenters. The minimum atomic E-state index is -0.955. The minimum Gasteiger partial charge on any atom is -0.465 e. The molecule has 4 rings (SSSR count). The predicted molar refractivity (Wildman–Crippen MR) is 106 cm³/mol. The summed E-state index contributed by atoms with van der Waals surface area (Å²) >= 11 is 0. The molecule has 1 saturated carbocycles. The van der Waals surface area contributed by atoms with Gasteiger partial charge in [-0.15, -0.1) is 0 Å². The number of nitrogens with zero attached hydrogens (tertiary/aromatic N) is 2. The van der Waals surface area contributed by atoms with Gasteiger partial charge in [-0.2, -0.15) is 0 Å². The van der Waals surface area contributed by atoms with Crippen LogP contribution in [0.5, 0.6) is 0 Å². The number of carboxylic acid groups (broad SMARTS) is 1. The second-order valence-electron chi connectivity index (χ2n) is 7.76. The van der Waals surface area contributed by atoms with Crippen LogP contribution in [0.4, 0.5) is 14.0 Å². The molecule has 0 bridgehead atoms. The van der Waals surface area contributed by atoms with Crippen molar-refractivity contribution in [3.05, 3.63) is 71.0 Å². The van der Waals surface area contributed by atoms with Crippen molar-refractivity contribution in [2.75, 3.05) is 13.6 Å². The van der Waals surface area contributed by atoms with Crippen LogP contribution in [0, 0.1) is 5.82 Å². The third-order valence-electron chi connectivity index (χ3n) is 6.02. The monoisotopic (exact) mass is 397 g/mol. The average molecular weight is 397 g/mol. The zero-order valence-electron chi connectivity index (χ0n) is 16.2. The van der Waals surface area contributed by atoms with E-state index in [9.17, 15) is 14.0 Å². The summed E-state index contributed by atoms with van der Waals surface area (Å²) in [5, 5.41) is 12.1. The van der Waals surface area contributed by atoms with Gasteiger partial charge < -0.3 is 20.2 Å². The van der Waals surface area contributed by atoms with E-state index in [1.54, 1.807) is 24.1 Å². The highest BCUT2D eigenvalue weighted by molar-refractivity contribution is 5.76. The van der Waals surface area contributed by atoms with Crippen LogP contribution >= 0.6 is 0 Å². The van der Waals surface area contributed by atoms with E-state index < -0.39 is 6.09 Å². The van der Waals surface area contributed by atoms with Crippen molar-refractivity contribution in [2.45, 2.75) is 37.4 Å². The summed E-state index contributed by atoms with van der Waals surface area (Å²) in [5.41, 5.74) is 3.11. The Labute approximate surface area is 168 Å². The number of halogens is 1. The molecule has 2 aromatic rings. The molecular formula is C22H24FN3O3. The van der Waals surface area contributed by atoms with Gasteiger partial charge >= 0.3 is 12.1 Å². The van der Waals surface area contributed by atoms with E-state index in [4.69, 9.17) is 5.11 Å². The lowest BCUT2D eigenvalue weighted by atomic mass is 9.85. The van der Waals surface area contributed by atoms with E-state index in [1.165, 1.54) is 22.6 Å². The van der Waals surface area contributed by atoms with Gasteiger partial charge in [0, 0.05) is 25.7 Å². The second-order valence-corrected chi connectivity index (χ2v) is 7.76. The molecule has 2 N–H and O–H groups in total. The highest BCUT2D eigenvalue weighted by atomic mass is 19.1. The maximum Gasteiger partial charge on any atom is 0.407 e. The maximum absolute atomic E-state index is 13.5. The summed E-state index contributed by atoms with van der Waals surface area (Å²) in [5.74, 6) is -0.308. The number of carbonyl (C=O) groups is 2. The molecule has 0 radical (unpaired) electrons. The third-order valence-corrected chi connectivity index (χ3v) is 6.02. The summed E-state index contributed by atoms with van der Waals surface area (Å²) in [4.78, 5) is 27.2. The van der Waals surface area contributed by atoms with Crippen LogP contribution < -0.4 is 5.32 Å². The first kappa shape index (κ1) is 19.2. The Morgan fingerprint density at radius 2 is 1.83 bits per heavy atom. The molecule has 2 aromatic carbocycles. The first-order valence-electron chi connectivity index (χ1n) is 9.80. The summed E-state index contributed by atoms with van der Waals surface area (Å²) < 4.78 is 13.5. The molecule has 7 heteroatoms. The Bertz CT molecular complexity index is 912. The SMILES string of the molecule is CN(C(=O)O)C1CC(NC(=O)N2CCc3ccccc3[C@@H]2c2ccc(F)cc2)C1. The summed E-state index contributed by atoms with van der Waals surface area (Å²) in [7, 11) is 1.55. The summed E-state index contributed by atoms with van der Waals surface area (Å²) in [6.45, 7) is 0.566. The van der Waals surface area contributed by atoms with Crippen LogP contribution in [0.2, 0.25) is 0 Å². The first-order valence-corrected chi connectivity index (χ1v) is 9.80. The molecule has 0 spiro atoms.